The second kappa shape index (κ2) is 3.98. The van der Waals surface area contributed by atoms with Gasteiger partial charge in [0.05, 0.1) is 24.1 Å². The third-order valence-corrected chi connectivity index (χ3v) is 2.66. The Morgan fingerprint density at radius 3 is 2.81 bits per heavy atom. The Kier molecular flexibility index (Phi) is 2.66. The zero-order valence-corrected chi connectivity index (χ0v) is 8.94. The molecule has 4 nitrogen and oxygen atoms in total. The number of hydrogen-bond donors (Lipinski definition) is 1. The molecule has 1 aromatic rings. The van der Waals surface area contributed by atoms with Crippen molar-refractivity contribution in [3.63, 3.8) is 0 Å². The lowest BCUT2D eigenvalue weighted by molar-refractivity contribution is -0.107. The summed E-state index contributed by atoms with van der Waals surface area (Å²) in [5, 5.41) is 9.33. The molecule has 0 saturated carbocycles. The Morgan fingerprint density at radius 1 is 1.44 bits per heavy atom. The third kappa shape index (κ3) is 1.57. The first-order chi connectivity index (χ1) is 7.67. The molecule has 0 atom stereocenters. The minimum absolute atomic E-state index is 0.0769. The Labute approximate surface area is 96.7 Å². The molecule has 1 heterocycles. The molecule has 0 bridgehead atoms. The van der Waals surface area contributed by atoms with Crippen molar-refractivity contribution in [1.82, 2.24) is 0 Å². The maximum atomic E-state index is 11.8. The van der Waals surface area contributed by atoms with Crippen LogP contribution in [0.5, 0.6) is 0 Å². The molecule has 0 radical (unpaired) electrons. The molecule has 0 fully saturated rings. The number of carbonyl (C=O) groups excluding carboxylic acids is 2. The monoisotopic (exact) mass is 237 g/mol. The predicted octanol–water partition coefficient (Wildman–Crippen LogP) is 1.94. The highest BCUT2D eigenvalue weighted by Gasteiger charge is 2.27. The van der Waals surface area contributed by atoms with Crippen LogP contribution in [0.2, 0.25) is 5.02 Å². The van der Waals surface area contributed by atoms with Gasteiger partial charge in [0.2, 0.25) is 6.41 Å². The smallest absolute Gasteiger partial charge is 0.214 e. The van der Waals surface area contributed by atoms with Gasteiger partial charge in [0.1, 0.15) is 0 Å². The number of anilines is 1. The fourth-order valence-corrected chi connectivity index (χ4v) is 1.82. The summed E-state index contributed by atoms with van der Waals surface area (Å²) in [4.78, 5) is 24.0. The van der Waals surface area contributed by atoms with E-state index in [0.717, 1.165) is 6.26 Å². The minimum atomic E-state index is -0.307. The lowest BCUT2D eigenvalue weighted by Gasteiger charge is -2.26. The first-order valence-electron chi connectivity index (χ1n) is 4.57. The number of ketones is 1. The number of amides is 1. The summed E-state index contributed by atoms with van der Waals surface area (Å²) in [7, 11) is 0. The van der Waals surface area contributed by atoms with Crippen molar-refractivity contribution in [3.8, 4) is 0 Å². The number of aliphatic hydroxyl groups is 1. The van der Waals surface area contributed by atoms with Crippen LogP contribution in [0.25, 0.3) is 0 Å². The van der Waals surface area contributed by atoms with Crippen molar-refractivity contribution in [2.24, 2.45) is 0 Å². The molecule has 1 N–H and O–H groups in total. The van der Waals surface area contributed by atoms with Gasteiger partial charge in [-0.2, -0.15) is 0 Å². The highest BCUT2D eigenvalue weighted by Crippen LogP contribution is 2.30. The molecule has 2 rings (SSSR count). The average Bonchev–Trinajstić information content (AvgIpc) is 2.30. The van der Waals surface area contributed by atoms with Crippen molar-refractivity contribution < 1.29 is 14.7 Å². The van der Waals surface area contributed by atoms with Crippen molar-refractivity contribution in [3.05, 3.63) is 40.6 Å². The molecule has 82 valence electrons. The SMILES string of the molecule is O=CN1CC(=CO)C(=O)c2cc(Cl)ccc21. The van der Waals surface area contributed by atoms with Crippen LogP contribution >= 0.6 is 11.6 Å². The number of fused-ring (bicyclic) bond motifs is 1. The van der Waals surface area contributed by atoms with E-state index >= 15 is 0 Å². The molecule has 1 aliphatic rings. The van der Waals surface area contributed by atoms with Crippen LogP contribution in [0, 0.1) is 0 Å². The summed E-state index contributed by atoms with van der Waals surface area (Å²) >= 11 is 5.78. The number of hydrogen-bond acceptors (Lipinski definition) is 3. The van der Waals surface area contributed by atoms with Gasteiger partial charge in [-0.05, 0) is 18.2 Å². The largest absolute Gasteiger partial charge is 0.515 e. The summed E-state index contributed by atoms with van der Waals surface area (Å²) in [6.45, 7) is 0.0769. The van der Waals surface area contributed by atoms with Gasteiger partial charge < -0.3 is 10.0 Å². The topological polar surface area (TPSA) is 57.6 Å². The van der Waals surface area contributed by atoms with Gasteiger partial charge in [0, 0.05) is 10.6 Å². The summed E-state index contributed by atoms with van der Waals surface area (Å²) < 4.78 is 0. The first-order valence-corrected chi connectivity index (χ1v) is 4.94. The zero-order chi connectivity index (χ0) is 11.7. The molecule has 1 aliphatic heterocycles. The number of carbonyl (C=O) groups is 2. The second-order valence-electron chi connectivity index (χ2n) is 3.38. The Hall–Kier alpha value is -1.81. The fourth-order valence-electron chi connectivity index (χ4n) is 1.65. The predicted molar refractivity (Wildman–Crippen MR) is 59.9 cm³/mol. The van der Waals surface area contributed by atoms with E-state index in [2.05, 4.69) is 0 Å². The van der Waals surface area contributed by atoms with Crippen LogP contribution in [-0.2, 0) is 4.79 Å². The van der Waals surface area contributed by atoms with Gasteiger partial charge in [-0.25, -0.2) is 0 Å². The van der Waals surface area contributed by atoms with Crippen molar-refractivity contribution in [2.45, 2.75) is 0 Å². The highest BCUT2D eigenvalue weighted by molar-refractivity contribution is 6.31. The van der Waals surface area contributed by atoms with Gasteiger partial charge in [-0.15, -0.1) is 0 Å². The Bertz CT molecular complexity index is 496. The van der Waals surface area contributed by atoms with E-state index in [4.69, 9.17) is 16.7 Å². The van der Waals surface area contributed by atoms with Gasteiger partial charge in [0.25, 0.3) is 0 Å². The molecule has 0 unspecified atom stereocenters. The highest BCUT2D eigenvalue weighted by atomic mass is 35.5. The third-order valence-electron chi connectivity index (χ3n) is 2.43. The number of nitrogens with zero attached hydrogens (tertiary/aromatic N) is 1. The summed E-state index contributed by atoms with van der Waals surface area (Å²) in [5.41, 5.74) is 1.00. The summed E-state index contributed by atoms with van der Waals surface area (Å²) in [6, 6.07) is 4.70. The minimum Gasteiger partial charge on any atom is -0.515 e. The van der Waals surface area contributed by atoms with Gasteiger partial charge in [-0.3, -0.25) is 9.59 Å². The molecule has 1 aromatic carbocycles. The van der Waals surface area contributed by atoms with Crippen LogP contribution in [0.15, 0.2) is 30.0 Å². The molecule has 1 amide bonds. The fraction of sp³-hybridized carbons (Fsp3) is 0.0909. The maximum Gasteiger partial charge on any atom is 0.214 e. The molecule has 0 saturated heterocycles. The van der Waals surface area contributed by atoms with Gasteiger partial charge in [-0.1, -0.05) is 11.6 Å². The van der Waals surface area contributed by atoms with E-state index in [1.807, 2.05) is 0 Å². The lowest BCUT2D eigenvalue weighted by Crippen LogP contribution is -2.32. The standard InChI is InChI=1S/C11H8ClNO3/c12-8-1-2-10-9(3-8)11(16)7(5-14)4-13(10)6-15/h1-3,5-6,14H,4H2. The Morgan fingerprint density at radius 2 is 2.19 bits per heavy atom. The number of Topliss-reactive ketones (excluding diaryl/α,β-unsaturated/α-hetero) is 1. The second-order valence-corrected chi connectivity index (χ2v) is 3.81. The maximum absolute atomic E-state index is 11.8. The van der Waals surface area contributed by atoms with Crippen LogP contribution in [0.3, 0.4) is 0 Å². The molecular weight excluding hydrogens is 230 g/mol. The molecular formula is C11H8ClNO3. The number of aliphatic hydroxyl groups excluding tert-OH is 1. The number of rotatable bonds is 1. The van der Waals surface area contributed by atoms with Crippen LogP contribution in [0.1, 0.15) is 10.4 Å². The van der Waals surface area contributed by atoms with Crippen LogP contribution in [-0.4, -0.2) is 23.8 Å². The number of halogens is 1. The van der Waals surface area contributed by atoms with Gasteiger partial charge >= 0.3 is 0 Å². The van der Waals surface area contributed by atoms with Crippen molar-refractivity contribution in [2.75, 3.05) is 11.4 Å². The van der Waals surface area contributed by atoms with Crippen molar-refractivity contribution >= 4 is 29.5 Å². The van der Waals surface area contributed by atoms with E-state index in [1.54, 1.807) is 12.1 Å². The molecule has 0 aliphatic carbocycles. The lowest BCUT2D eigenvalue weighted by atomic mass is 9.97. The van der Waals surface area contributed by atoms with E-state index in [9.17, 15) is 9.59 Å². The summed E-state index contributed by atoms with van der Waals surface area (Å²) in [6.07, 6.45) is 1.34. The Balaban J connectivity index is 2.62. The van der Waals surface area contributed by atoms with Crippen LogP contribution < -0.4 is 4.90 Å². The molecule has 0 spiro atoms. The quantitative estimate of drug-likeness (QED) is 0.461. The molecule has 0 aromatic heterocycles. The van der Waals surface area contributed by atoms with Crippen molar-refractivity contribution in [1.29, 1.82) is 0 Å². The van der Waals surface area contributed by atoms with Gasteiger partial charge in [0.15, 0.2) is 5.78 Å². The van der Waals surface area contributed by atoms with E-state index in [0.29, 0.717) is 22.7 Å². The van der Waals surface area contributed by atoms with Crippen LogP contribution in [0.4, 0.5) is 5.69 Å². The average molecular weight is 238 g/mol. The number of benzene rings is 1. The van der Waals surface area contributed by atoms with E-state index in [1.165, 1.54) is 11.0 Å². The van der Waals surface area contributed by atoms with E-state index in [-0.39, 0.29) is 17.9 Å². The molecule has 5 heteroatoms. The first kappa shape index (κ1) is 10.7. The van der Waals surface area contributed by atoms with E-state index < -0.39 is 0 Å². The summed E-state index contributed by atoms with van der Waals surface area (Å²) in [5.74, 6) is -0.307. The molecule has 16 heavy (non-hydrogen) atoms. The zero-order valence-electron chi connectivity index (χ0n) is 8.18. The normalized spacial score (nSPS) is 17.4.